The molecule has 0 bridgehead atoms. The van der Waals surface area contributed by atoms with Gasteiger partial charge in [-0.3, -0.25) is 14.4 Å². The summed E-state index contributed by atoms with van der Waals surface area (Å²) < 4.78 is 72.0. The fourth-order valence-electron chi connectivity index (χ4n) is 3.00. The Morgan fingerprint density at radius 2 is 1.69 bits per heavy atom. The van der Waals surface area contributed by atoms with E-state index in [1.165, 1.54) is 24.5 Å². The molecular formula is C23H18F5N3O4. The Kier molecular flexibility index (Phi) is 7.84. The lowest BCUT2D eigenvalue weighted by Gasteiger charge is -2.16. The molecule has 2 aromatic carbocycles. The summed E-state index contributed by atoms with van der Waals surface area (Å²) in [6.45, 7) is -0.0764. The van der Waals surface area contributed by atoms with Crippen LogP contribution < -0.4 is 16.0 Å². The van der Waals surface area contributed by atoms with E-state index in [4.69, 9.17) is 4.42 Å². The number of carbonyl (C=O) groups excluding carboxylic acids is 3. The van der Waals surface area contributed by atoms with Crippen molar-refractivity contribution in [2.45, 2.75) is 19.0 Å². The van der Waals surface area contributed by atoms with Gasteiger partial charge in [0.2, 0.25) is 5.91 Å². The molecule has 0 fully saturated rings. The van der Waals surface area contributed by atoms with Gasteiger partial charge in [-0.15, -0.1) is 0 Å². The molecule has 7 nitrogen and oxygen atoms in total. The number of nitrogens with one attached hydrogen (secondary N) is 3. The zero-order chi connectivity index (χ0) is 25.6. The highest BCUT2D eigenvalue weighted by Gasteiger charge is 2.34. The molecule has 3 N–H and O–H groups in total. The molecule has 0 unspecified atom stereocenters. The molecule has 0 atom stereocenters. The molecule has 1 heterocycles. The largest absolute Gasteiger partial charge is 0.459 e. The Labute approximate surface area is 195 Å². The number of alkyl halides is 3. The molecule has 0 saturated heterocycles. The number of furan rings is 1. The number of amides is 3. The van der Waals surface area contributed by atoms with Crippen molar-refractivity contribution < 1.29 is 40.8 Å². The minimum Gasteiger partial charge on any atom is -0.459 e. The molecule has 12 heteroatoms. The summed E-state index contributed by atoms with van der Waals surface area (Å²) in [5.74, 6) is -4.32. The van der Waals surface area contributed by atoms with E-state index >= 15 is 0 Å². The first-order valence-electron chi connectivity index (χ1n) is 10.1. The predicted molar refractivity (Wildman–Crippen MR) is 115 cm³/mol. The number of halogens is 5. The second kappa shape index (κ2) is 10.8. The van der Waals surface area contributed by atoms with Crippen LogP contribution in [0.2, 0.25) is 0 Å². The van der Waals surface area contributed by atoms with Gasteiger partial charge in [0.25, 0.3) is 11.8 Å². The maximum absolute atomic E-state index is 13.6. The van der Waals surface area contributed by atoms with Crippen LogP contribution in [0.25, 0.3) is 0 Å². The zero-order valence-electron chi connectivity index (χ0n) is 17.8. The predicted octanol–water partition coefficient (Wildman–Crippen LogP) is 4.98. The fraction of sp³-hybridized carbons (Fsp3) is 0.174. The minimum atomic E-state index is -4.83. The zero-order valence-corrected chi connectivity index (χ0v) is 17.8. The lowest BCUT2D eigenvalue weighted by Crippen LogP contribution is -2.26. The Morgan fingerprint density at radius 3 is 2.34 bits per heavy atom. The van der Waals surface area contributed by atoms with Crippen molar-refractivity contribution >= 4 is 29.1 Å². The van der Waals surface area contributed by atoms with Crippen molar-refractivity contribution in [2.75, 3.05) is 17.2 Å². The summed E-state index contributed by atoms with van der Waals surface area (Å²) >= 11 is 0. The molecule has 3 aromatic rings. The van der Waals surface area contributed by atoms with Gasteiger partial charge in [0.1, 0.15) is 11.6 Å². The van der Waals surface area contributed by atoms with E-state index in [-0.39, 0.29) is 36.4 Å². The Hall–Kier alpha value is -4.22. The monoisotopic (exact) mass is 495 g/mol. The summed E-state index contributed by atoms with van der Waals surface area (Å²) in [7, 11) is 0. The van der Waals surface area contributed by atoms with Crippen LogP contribution in [0.15, 0.2) is 59.2 Å². The molecule has 0 spiro atoms. The average Bonchev–Trinajstić information content (AvgIpc) is 3.32. The Bertz CT molecular complexity index is 1230. The molecule has 0 saturated carbocycles. The number of benzene rings is 2. The van der Waals surface area contributed by atoms with Crippen molar-refractivity contribution in [1.29, 1.82) is 0 Å². The van der Waals surface area contributed by atoms with Crippen LogP contribution in [0, 0.1) is 11.6 Å². The molecule has 1 aromatic heterocycles. The van der Waals surface area contributed by atoms with E-state index in [9.17, 15) is 36.3 Å². The quantitative estimate of drug-likeness (QED) is 0.303. The Balaban J connectivity index is 1.56. The maximum Gasteiger partial charge on any atom is 0.418 e. The van der Waals surface area contributed by atoms with E-state index in [1.807, 2.05) is 0 Å². The first-order chi connectivity index (χ1) is 16.5. The summed E-state index contributed by atoms with van der Waals surface area (Å²) in [6, 6.07) is 8.07. The third-order valence-corrected chi connectivity index (χ3v) is 4.64. The summed E-state index contributed by atoms with van der Waals surface area (Å²) in [6.07, 6.45) is -3.80. The smallest absolute Gasteiger partial charge is 0.418 e. The SMILES string of the molecule is O=C(CCCNC(=O)c1ccc(F)cc1F)Nc1ccc(NC(=O)c2ccco2)cc1C(F)(F)F. The van der Waals surface area contributed by atoms with Crippen molar-refractivity contribution in [2.24, 2.45) is 0 Å². The van der Waals surface area contributed by atoms with Crippen molar-refractivity contribution in [3.63, 3.8) is 0 Å². The van der Waals surface area contributed by atoms with Crippen molar-refractivity contribution in [3.8, 4) is 0 Å². The standard InChI is InChI=1S/C23H18F5N3O4/c24-13-5-7-15(17(25)11-13)21(33)29-9-1-4-20(32)31-18-8-6-14(12-16(18)23(26,27)28)30-22(34)19-3-2-10-35-19/h2-3,5-8,10-12H,1,4,9H2,(H,29,33)(H,30,34)(H,31,32). The van der Waals surface area contributed by atoms with Gasteiger partial charge >= 0.3 is 6.18 Å². The number of hydrogen-bond donors (Lipinski definition) is 3. The minimum absolute atomic E-state index is 0.0407. The van der Waals surface area contributed by atoms with Crippen LogP contribution in [0.1, 0.15) is 39.3 Å². The molecular weight excluding hydrogens is 477 g/mol. The van der Waals surface area contributed by atoms with Crippen LogP contribution in [-0.4, -0.2) is 24.3 Å². The van der Waals surface area contributed by atoms with Crippen LogP contribution in [0.4, 0.5) is 33.3 Å². The van der Waals surface area contributed by atoms with Gasteiger partial charge in [-0.2, -0.15) is 13.2 Å². The fourth-order valence-corrected chi connectivity index (χ4v) is 3.00. The molecule has 0 radical (unpaired) electrons. The molecule has 35 heavy (non-hydrogen) atoms. The van der Waals surface area contributed by atoms with Gasteiger partial charge in [-0.25, -0.2) is 8.78 Å². The number of anilines is 2. The molecule has 3 amide bonds. The van der Waals surface area contributed by atoms with E-state index < -0.39 is 46.8 Å². The summed E-state index contributed by atoms with van der Waals surface area (Å²) in [5, 5.41) is 6.78. The second-order valence-electron chi connectivity index (χ2n) is 7.22. The van der Waals surface area contributed by atoms with Gasteiger partial charge in [0.05, 0.1) is 23.1 Å². The topological polar surface area (TPSA) is 100 Å². The second-order valence-corrected chi connectivity index (χ2v) is 7.22. The van der Waals surface area contributed by atoms with Gasteiger partial charge in [-0.1, -0.05) is 0 Å². The maximum atomic E-state index is 13.6. The number of hydrogen-bond acceptors (Lipinski definition) is 4. The first-order valence-corrected chi connectivity index (χ1v) is 10.1. The van der Waals surface area contributed by atoms with Crippen LogP contribution in [0.3, 0.4) is 0 Å². The lowest BCUT2D eigenvalue weighted by molar-refractivity contribution is -0.136. The van der Waals surface area contributed by atoms with E-state index in [0.717, 1.165) is 18.2 Å². The number of rotatable bonds is 8. The van der Waals surface area contributed by atoms with Crippen LogP contribution in [-0.2, 0) is 11.0 Å². The normalized spacial score (nSPS) is 11.1. The first kappa shape index (κ1) is 25.4. The highest BCUT2D eigenvalue weighted by molar-refractivity contribution is 6.02. The lowest BCUT2D eigenvalue weighted by atomic mass is 10.1. The van der Waals surface area contributed by atoms with Crippen LogP contribution in [0.5, 0.6) is 0 Å². The van der Waals surface area contributed by atoms with E-state index in [1.54, 1.807) is 0 Å². The molecule has 0 aliphatic carbocycles. The van der Waals surface area contributed by atoms with Gasteiger partial charge in [-0.05, 0) is 48.9 Å². The summed E-state index contributed by atoms with van der Waals surface area (Å²) in [5.41, 5.74) is -2.24. The third-order valence-electron chi connectivity index (χ3n) is 4.64. The van der Waals surface area contributed by atoms with Crippen molar-refractivity contribution in [3.05, 3.63) is 83.3 Å². The van der Waals surface area contributed by atoms with E-state index in [2.05, 4.69) is 16.0 Å². The third kappa shape index (κ3) is 6.88. The Morgan fingerprint density at radius 1 is 0.914 bits per heavy atom. The van der Waals surface area contributed by atoms with Gasteiger partial charge in [0, 0.05) is 24.7 Å². The van der Waals surface area contributed by atoms with Gasteiger partial charge in [0.15, 0.2) is 5.76 Å². The highest BCUT2D eigenvalue weighted by atomic mass is 19.4. The van der Waals surface area contributed by atoms with Crippen LogP contribution >= 0.6 is 0 Å². The molecule has 0 aliphatic heterocycles. The van der Waals surface area contributed by atoms with Gasteiger partial charge < -0.3 is 20.4 Å². The average molecular weight is 495 g/mol. The molecule has 184 valence electrons. The molecule has 3 rings (SSSR count). The molecule has 0 aliphatic rings. The van der Waals surface area contributed by atoms with Crippen molar-refractivity contribution in [1.82, 2.24) is 5.32 Å². The number of carbonyl (C=O) groups is 3. The summed E-state index contributed by atoms with van der Waals surface area (Å²) in [4.78, 5) is 36.1. The van der Waals surface area contributed by atoms with E-state index in [0.29, 0.717) is 12.1 Å². The highest BCUT2D eigenvalue weighted by Crippen LogP contribution is 2.36.